The van der Waals surface area contributed by atoms with E-state index in [1.807, 2.05) is 24.3 Å². The minimum absolute atomic E-state index is 0.165. The first kappa shape index (κ1) is 28.8. The van der Waals surface area contributed by atoms with Crippen LogP contribution in [0.15, 0.2) is 66.2 Å². The van der Waals surface area contributed by atoms with Crippen LogP contribution in [0.25, 0.3) is 17.2 Å². The Kier molecular flexibility index (Phi) is 8.45. The van der Waals surface area contributed by atoms with E-state index in [1.54, 1.807) is 31.2 Å². The van der Waals surface area contributed by atoms with Gasteiger partial charge in [-0.3, -0.25) is 9.29 Å². The third-order valence-electron chi connectivity index (χ3n) is 7.97. The maximum absolute atomic E-state index is 14.5. The van der Waals surface area contributed by atoms with Crippen molar-refractivity contribution in [1.29, 1.82) is 0 Å². The summed E-state index contributed by atoms with van der Waals surface area (Å²) in [7, 11) is 0. The van der Waals surface area contributed by atoms with Gasteiger partial charge in [-0.1, -0.05) is 61.5 Å². The first-order valence-corrected chi connectivity index (χ1v) is 14.1. The van der Waals surface area contributed by atoms with Crippen LogP contribution in [0.2, 0.25) is 0 Å². The van der Waals surface area contributed by atoms with E-state index in [0.717, 1.165) is 41.9 Å². The van der Waals surface area contributed by atoms with E-state index in [1.165, 1.54) is 17.7 Å². The number of hydrogen-bond acceptors (Lipinski definition) is 2. The number of allylic oxidation sites excluding steroid dienone is 1. The van der Waals surface area contributed by atoms with Crippen molar-refractivity contribution in [3.8, 4) is 0 Å². The predicted molar refractivity (Wildman–Crippen MR) is 155 cm³/mol. The summed E-state index contributed by atoms with van der Waals surface area (Å²) in [6, 6.07) is 17.6. The zero-order chi connectivity index (χ0) is 29.1. The van der Waals surface area contributed by atoms with Crippen molar-refractivity contribution in [2.45, 2.75) is 45.2 Å². The minimum Gasteiger partial charge on any atom is -0.478 e. The molecule has 1 fully saturated rings. The van der Waals surface area contributed by atoms with E-state index in [9.17, 15) is 27.5 Å². The number of alkyl halides is 4. The number of fused-ring (bicyclic) bond motifs is 1. The summed E-state index contributed by atoms with van der Waals surface area (Å²) in [5, 5.41) is 9.58. The molecule has 1 aliphatic carbocycles. The van der Waals surface area contributed by atoms with E-state index < -0.39 is 17.7 Å². The van der Waals surface area contributed by atoms with Crippen LogP contribution >= 0.6 is 0 Å². The second-order valence-corrected chi connectivity index (χ2v) is 10.8. The number of likely N-dealkylation sites (tertiary alicyclic amines) is 1. The summed E-state index contributed by atoms with van der Waals surface area (Å²) in [6.45, 7) is 3.78. The maximum atomic E-state index is 14.5. The summed E-state index contributed by atoms with van der Waals surface area (Å²) in [6.07, 6.45) is -0.00238. The fourth-order valence-electron chi connectivity index (χ4n) is 6.04. The van der Waals surface area contributed by atoms with Gasteiger partial charge in [-0.2, -0.15) is 13.2 Å². The number of nitrogens with zero attached hydrogens (tertiary/aromatic N) is 1. The smallest absolute Gasteiger partial charge is 0.417 e. The van der Waals surface area contributed by atoms with Crippen molar-refractivity contribution >= 4 is 23.2 Å². The molecular formula is C34H33F4NO2. The molecule has 0 aromatic heterocycles. The highest BCUT2D eigenvalue weighted by atomic mass is 19.4. The Bertz CT molecular complexity index is 1490. The zero-order valence-corrected chi connectivity index (χ0v) is 23.0. The molecule has 1 saturated heterocycles. The van der Waals surface area contributed by atoms with Gasteiger partial charge in [0.1, 0.15) is 0 Å². The molecule has 0 unspecified atom stereocenters. The van der Waals surface area contributed by atoms with Crippen LogP contribution in [0, 0.1) is 0 Å². The van der Waals surface area contributed by atoms with Crippen molar-refractivity contribution in [3.05, 3.63) is 111 Å². The molecule has 1 heterocycles. The van der Waals surface area contributed by atoms with Crippen molar-refractivity contribution in [3.63, 3.8) is 0 Å². The van der Waals surface area contributed by atoms with Gasteiger partial charge in [-0.05, 0) is 94.3 Å². The molecule has 0 amide bonds. The number of hydrogen-bond donors (Lipinski definition) is 1. The Balaban J connectivity index is 1.63. The number of halogens is 4. The summed E-state index contributed by atoms with van der Waals surface area (Å²) >= 11 is 0. The van der Waals surface area contributed by atoms with Crippen LogP contribution < -0.4 is 0 Å². The van der Waals surface area contributed by atoms with Gasteiger partial charge >= 0.3 is 12.1 Å². The van der Waals surface area contributed by atoms with Gasteiger partial charge in [-0.15, -0.1) is 0 Å². The number of carboxylic acid groups (broad SMARTS) is 1. The molecule has 7 heteroatoms. The van der Waals surface area contributed by atoms with E-state index in [-0.39, 0.29) is 29.8 Å². The van der Waals surface area contributed by atoms with E-state index in [2.05, 4.69) is 11.0 Å². The molecule has 3 aromatic rings. The van der Waals surface area contributed by atoms with Gasteiger partial charge < -0.3 is 5.11 Å². The summed E-state index contributed by atoms with van der Waals surface area (Å²) in [5.74, 6) is -1.03. The number of carboxylic acids is 1. The molecule has 0 radical (unpaired) electrons. The van der Waals surface area contributed by atoms with Gasteiger partial charge in [0, 0.05) is 19.6 Å². The third-order valence-corrected chi connectivity index (χ3v) is 7.97. The quantitative estimate of drug-likeness (QED) is 0.280. The van der Waals surface area contributed by atoms with Crippen molar-refractivity contribution < 1.29 is 27.5 Å². The number of aryl methyl sites for hydroxylation is 2. The fourth-order valence-corrected chi connectivity index (χ4v) is 6.04. The summed E-state index contributed by atoms with van der Waals surface area (Å²) in [5.41, 5.74) is 6.00. The van der Waals surface area contributed by atoms with Crippen LogP contribution in [-0.2, 0) is 19.0 Å². The zero-order valence-electron chi connectivity index (χ0n) is 23.0. The SMILES string of the molecule is CCc1cccc(C2=C(c3ccc(C=C4CN(CCCF)C4)cc3)c3ccc(C(=O)O)cc3CCC2)c1C(F)(F)F. The van der Waals surface area contributed by atoms with Crippen molar-refractivity contribution in [1.82, 2.24) is 4.90 Å². The topological polar surface area (TPSA) is 40.5 Å². The normalized spacial score (nSPS) is 15.8. The largest absolute Gasteiger partial charge is 0.478 e. The Labute approximate surface area is 237 Å². The molecule has 41 heavy (non-hydrogen) atoms. The lowest BCUT2D eigenvalue weighted by molar-refractivity contribution is -0.138. The molecule has 1 aliphatic heterocycles. The van der Waals surface area contributed by atoms with Gasteiger partial charge in [0.15, 0.2) is 0 Å². The Morgan fingerprint density at radius 3 is 2.41 bits per heavy atom. The lowest BCUT2D eigenvalue weighted by atomic mass is 9.84. The highest BCUT2D eigenvalue weighted by molar-refractivity contribution is 6.01. The first-order chi connectivity index (χ1) is 19.7. The van der Waals surface area contributed by atoms with Crippen LogP contribution in [-0.4, -0.2) is 42.3 Å². The minimum atomic E-state index is -4.51. The predicted octanol–water partition coefficient (Wildman–Crippen LogP) is 8.32. The average molecular weight is 564 g/mol. The molecule has 214 valence electrons. The third kappa shape index (κ3) is 6.15. The number of carbonyl (C=O) groups is 1. The molecule has 0 saturated carbocycles. The number of aromatic carboxylic acids is 1. The second-order valence-electron chi connectivity index (χ2n) is 10.8. The van der Waals surface area contributed by atoms with Crippen LogP contribution in [0.4, 0.5) is 17.6 Å². The summed E-state index contributed by atoms with van der Waals surface area (Å²) < 4.78 is 56.0. The molecule has 0 atom stereocenters. The molecule has 3 aromatic carbocycles. The van der Waals surface area contributed by atoms with Gasteiger partial charge in [0.25, 0.3) is 0 Å². The van der Waals surface area contributed by atoms with Crippen LogP contribution in [0.1, 0.15) is 75.5 Å². The van der Waals surface area contributed by atoms with Crippen molar-refractivity contribution in [2.24, 2.45) is 0 Å². The Morgan fingerprint density at radius 1 is 1.00 bits per heavy atom. The molecule has 3 nitrogen and oxygen atoms in total. The maximum Gasteiger partial charge on any atom is 0.417 e. The Morgan fingerprint density at radius 2 is 1.76 bits per heavy atom. The highest BCUT2D eigenvalue weighted by Crippen LogP contribution is 2.45. The monoisotopic (exact) mass is 563 g/mol. The van der Waals surface area contributed by atoms with E-state index in [4.69, 9.17) is 0 Å². The van der Waals surface area contributed by atoms with Gasteiger partial charge in [0.2, 0.25) is 0 Å². The Hall–Kier alpha value is -3.71. The molecule has 2 aliphatic rings. The van der Waals surface area contributed by atoms with Crippen LogP contribution in [0.3, 0.4) is 0 Å². The first-order valence-electron chi connectivity index (χ1n) is 14.1. The van der Waals surface area contributed by atoms with Gasteiger partial charge in [0.05, 0.1) is 17.8 Å². The van der Waals surface area contributed by atoms with E-state index >= 15 is 0 Å². The van der Waals surface area contributed by atoms with Crippen LogP contribution in [0.5, 0.6) is 0 Å². The average Bonchev–Trinajstić information content (AvgIpc) is 3.12. The lowest BCUT2D eigenvalue weighted by Crippen LogP contribution is -2.40. The van der Waals surface area contributed by atoms with E-state index in [0.29, 0.717) is 36.8 Å². The molecule has 0 spiro atoms. The molecule has 1 N–H and O–H groups in total. The van der Waals surface area contributed by atoms with Crippen molar-refractivity contribution in [2.75, 3.05) is 26.3 Å². The van der Waals surface area contributed by atoms with Gasteiger partial charge in [-0.25, -0.2) is 4.79 Å². The fraction of sp³-hybridized carbons (Fsp3) is 0.324. The molecule has 5 rings (SSSR count). The number of benzene rings is 3. The number of rotatable bonds is 8. The lowest BCUT2D eigenvalue weighted by Gasteiger charge is -2.33. The second kappa shape index (κ2) is 12.0. The molecule has 0 bridgehead atoms. The standard InChI is InChI=1S/C34H33F4NO2/c1-2-24-6-3-9-30(32(24)34(36,37)38)29-8-4-7-26-19-27(33(40)41)14-15-28(26)31(29)25-12-10-22(11-13-25)18-23-20-39(21-23)17-5-16-35/h3,6,9-15,18-19H,2,4-5,7-8,16-17,20-21H2,1H3,(H,40,41). The summed E-state index contributed by atoms with van der Waals surface area (Å²) in [4.78, 5) is 13.9. The highest BCUT2D eigenvalue weighted by Gasteiger charge is 2.37. The molecular weight excluding hydrogens is 530 g/mol.